The summed E-state index contributed by atoms with van der Waals surface area (Å²) in [7, 11) is 0. The van der Waals surface area contributed by atoms with Gasteiger partial charge >= 0.3 is 37.1 Å². The quantitative estimate of drug-likeness (QED) is 0.415. The standard InChI is InChI=1S/C9H12O2.U/c1-5-8(6-2)11-9(10)7(3)4;/h8H,1-3,5H2,4H3;/q-2;+2. The molecular weight excluding hydrogens is 378 g/mol. The molecule has 3 heteroatoms. The third kappa shape index (κ3) is 5.63. The van der Waals surface area contributed by atoms with Crippen molar-refractivity contribution in [2.24, 2.45) is 0 Å². The molecule has 0 heterocycles. The van der Waals surface area contributed by atoms with Gasteiger partial charge in [0.25, 0.3) is 0 Å². The molecule has 0 aliphatic rings. The molecule has 0 spiro atoms. The molecule has 0 aromatic heterocycles. The minimum atomic E-state index is -0.421. The average molecular weight is 390 g/mol. The van der Waals surface area contributed by atoms with E-state index in [4.69, 9.17) is 4.74 Å². The van der Waals surface area contributed by atoms with Gasteiger partial charge in [0.15, 0.2) is 0 Å². The maximum Gasteiger partial charge on any atom is 2.00 e. The molecule has 0 bridgehead atoms. The minimum Gasteiger partial charge on any atom is -0.494 e. The molecule has 2 nitrogen and oxygen atoms in total. The second-order valence-corrected chi connectivity index (χ2v) is 2.17. The summed E-state index contributed by atoms with van der Waals surface area (Å²) < 4.78 is 4.84. The summed E-state index contributed by atoms with van der Waals surface area (Å²) in [5, 5.41) is 0. The van der Waals surface area contributed by atoms with E-state index in [1.165, 1.54) is 0 Å². The summed E-state index contributed by atoms with van der Waals surface area (Å²) in [6.45, 7) is 12.0. The average Bonchev–Trinajstić information content (AvgIpc) is 1.99. The van der Waals surface area contributed by atoms with Gasteiger partial charge in [-0.3, -0.25) is 6.58 Å². The van der Waals surface area contributed by atoms with Crippen LogP contribution in [0.1, 0.15) is 13.3 Å². The van der Waals surface area contributed by atoms with Gasteiger partial charge in [-0.2, -0.15) is 6.42 Å². The second kappa shape index (κ2) is 7.64. The SMILES string of the molecule is C=[C-]C(C[CH2-])OC(=O)C(=C)C.[U+2]. The van der Waals surface area contributed by atoms with E-state index in [1.807, 2.05) is 0 Å². The van der Waals surface area contributed by atoms with Crippen molar-refractivity contribution in [1.82, 2.24) is 0 Å². The van der Waals surface area contributed by atoms with Crippen LogP contribution in [0.5, 0.6) is 0 Å². The first kappa shape index (κ1) is 14.5. The number of hydrogen-bond acceptors (Lipinski definition) is 2. The van der Waals surface area contributed by atoms with E-state index in [1.54, 1.807) is 6.92 Å². The van der Waals surface area contributed by atoms with Crippen LogP contribution in [0.25, 0.3) is 0 Å². The van der Waals surface area contributed by atoms with Crippen molar-refractivity contribution in [3.8, 4) is 0 Å². The molecule has 64 valence electrons. The van der Waals surface area contributed by atoms with Gasteiger partial charge in [-0.15, -0.1) is 0 Å². The first-order chi connectivity index (χ1) is 5.11. The molecule has 0 radical (unpaired) electrons. The molecule has 0 fully saturated rings. The van der Waals surface area contributed by atoms with E-state index >= 15 is 0 Å². The Hall–Kier alpha value is 0.00195. The largest absolute Gasteiger partial charge is 2.00 e. The van der Waals surface area contributed by atoms with E-state index in [2.05, 4.69) is 26.2 Å². The van der Waals surface area contributed by atoms with Gasteiger partial charge in [0.2, 0.25) is 0 Å². The fourth-order valence-electron chi connectivity index (χ4n) is 0.432. The zero-order chi connectivity index (χ0) is 8.85. The molecule has 1 atom stereocenters. The van der Waals surface area contributed by atoms with Crippen LogP contribution < -0.4 is 0 Å². The maximum absolute atomic E-state index is 10.9. The van der Waals surface area contributed by atoms with Crippen LogP contribution in [0, 0.1) is 44.1 Å². The predicted molar refractivity (Wildman–Crippen MR) is 43.5 cm³/mol. The van der Waals surface area contributed by atoms with Gasteiger partial charge in [0.1, 0.15) is 0 Å². The first-order valence-corrected chi connectivity index (χ1v) is 3.30. The summed E-state index contributed by atoms with van der Waals surface area (Å²) in [4.78, 5) is 10.9. The number of esters is 1. The number of rotatable bonds is 4. The maximum atomic E-state index is 10.9. The van der Waals surface area contributed by atoms with Crippen molar-refractivity contribution in [1.29, 1.82) is 0 Å². The molecule has 0 amide bonds. The molecule has 0 aromatic carbocycles. The Labute approximate surface area is 97.4 Å². The third-order valence-electron chi connectivity index (χ3n) is 1.09. The third-order valence-corrected chi connectivity index (χ3v) is 1.09. The Morgan fingerprint density at radius 3 is 2.50 bits per heavy atom. The van der Waals surface area contributed by atoms with E-state index in [-0.39, 0.29) is 31.1 Å². The Morgan fingerprint density at radius 1 is 1.75 bits per heavy atom. The molecule has 12 heavy (non-hydrogen) atoms. The molecule has 0 aliphatic heterocycles. The number of ether oxygens (including phenoxy) is 1. The molecule has 0 aliphatic carbocycles. The topological polar surface area (TPSA) is 26.3 Å². The smallest absolute Gasteiger partial charge is 0.494 e. The Balaban J connectivity index is 0. The monoisotopic (exact) mass is 390 g/mol. The van der Waals surface area contributed by atoms with Crippen molar-refractivity contribution in [3.05, 3.63) is 31.7 Å². The second-order valence-electron chi connectivity index (χ2n) is 2.17. The summed E-state index contributed by atoms with van der Waals surface area (Å²) in [5.74, 6) is -0.421. The van der Waals surface area contributed by atoms with Crippen LogP contribution in [0.2, 0.25) is 0 Å². The van der Waals surface area contributed by atoms with Crippen molar-refractivity contribution >= 4 is 5.97 Å². The number of hydrogen-bond donors (Lipinski definition) is 0. The van der Waals surface area contributed by atoms with Gasteiger partial charge < -0.3 is 17.7 Å². The molecular formula is C9H12O2U. The summed E-state index contributed by atoms with van der Waals surface area (Å²) >= 11 is 0. The molecule has 1 unspecified atom stereocenters. The van der Waals surface area contributed by atoms with Crippen molar-refractivity contribution in [2.75, 3.05) is 0 Å². The van der Waals surface area contributed by atoms with E-state index in [0.717, 1.165) is 0 Å². The Morgan fingerprint density at radius 2 is 2.25 bits per heavy atom. The van der Waals surface area contributed by atoms with Crippen LogP contribution in [0.3, 0.4) is 0 Å². The summed E-state index contributed by atoms with van der Waals surface area (Å²) in [5.41, 5.74) is 0.374. The van der Waals surface area contributed by atoms with Gasteiger partial charge in [-0.05, 0) is 6.92 Å². The molecule has 0 aromatic rings. The van der Waals surface area contributed by atoms with Crippen LogP contribution in [0.4, 0.5) is 0 Å². The Kier molecular flexibility index (Phi) is 9.25. The fourth-order valence-corrected chi connectivity index (χ4v) is 0.432. The fraction of sp³-hybridized carbons (Fsp3) is 0.333. The van der Waals surface area contributed by atoms with Crippen LogP contribution >= 0.6 is 0 Å². The van der Waals surface area contributed by atoms with E-state index in [0.29, 0.717) is 12.0 Å². The summed E-state index contributed by atoms with van der Waals surface area (Å²) in [6, 6.07) is 0. The molecule has 0 saturated carbocycles. The van der Waals surface area contributed by atoms with Gasteiger partial charge in [0.05, 0.1) is 0 Å². The van der Waals surface area contributed by atoms with Crippen molar-refractivity contribution in [3.63, 3.8) is 0 Å². The summed E-state index contributed by atoms with van der Waals surface area (Å²) in [6.07, 6.45) is 2.57. The van der Waals surface area contributed by atoms with Crippen LogP contribution in [0.15, 0.2) is 18.7 Å². The molecule has 0 N–H and O–H groups in total. The van der Waals surface area contributed by atoms with Crippen LogP contribution in [-0.2, 0) is 9.53 Å². The Bertz CT molecular complexity index is 175. The molecule has 0 rings (SSSR count). The number of carbonyl (C=O) groups is 1. The molecule has 0 saturated heterocycles. The number of carbonyl (C=O) groups excluding carboxylic acids is 1. The predicted octanol–water partition coefficient (Wildman–Crippen LogP) is 1.69. The van der Waals surface area contributed by atoms with E-state index in [9.17, 15) is 4.79 Å². The zero-order valence-corrected chi connectivity index (χ0v) is 11.4. The van der Waals surface area contributed by atoms with Gasteiger partial charge in [-0.25, -0.2) is 4.79 Å². The zero-order valence-electron chi connectivity index (χ0n) is 7.22. The minimum absolute atomic E-state index is 0. The van der Waals surface area contributed by atoms with E-state index < -0.39 is 12.1 Å². The van der Waals surface area contributed by atoms with Crippen molar-refractivity contribution in [2.45, 2.75) is 19.4 Å². The van der Waals surface area contributed by atoms with Gasteiger partial charge in [0, 0.05) is 5.57 Å². The normalized spacial score (nSPS) is 10.8. The van der Waals surface area contributed by atoms with Crippen molar-refractivity contribution < 1.29 is 40.6 Å². The first-order valence-electron chi connectivity index (χ1n) is 3.30. The van der Waals surface area contributed by atoms with Crippen LogP contribution in [-0.4, -0.2) is 12.1 Å². The van der Waals surface area contributed by atoms with Gasteiger partial charge in [-0.1, -0.05) is 12.7 Å².